The summed E-state index contributed by atoms with van der Waals surface area (Å²) in [7, 11) is 0. The summed E-state index contributed by atoms with van der Waals surface area (Å²) in [4.78, 5) is 27.2. The van der Waals surface area contributed by atoms with Gasteiger partial charge in [0, 0.05) is 30.4 Å². The van der Waals surface area contributed by atoms with Gasteiger partial charge in [0.05, 0.1) is 5.56 Å². The van der Waals surface area contributed by atoms with Crippen LogP contribution in [0.3, 0.4) is 0 Å². The van der Waals surface area contributed by atoms with Gasteiger partial charge in [-0.15, -0.1) is 0 Å². The summed E-state index contributed by atoms with van der Waals surface area (Å²) in [6, 6.07) is 13.8. The summed E-state index contributed by atoms with van der Waals surface area (Å²) in [5.41, 5.74) is 1.68. The fraction of sp³-hybridized carbons (Fsp3) is 0.231. The summed E-state index contributed by atoms with van der Waals surface area (Å²) in [5.74, 6) is -2.40. The van der Waals surface area contributed by atoms with Crippen LogP contribution in [0.1, 0.15) is 34.8 Å². The number of nitrogens with zero attached hydrogens (tertiary/aromatic N) is 1. The number of hydrogen-bond donors (Lipinski definition) is 1. The van der Waals surface area contributed by atoms with E-state index in [0.29, 0.717) is 42.5 Å². The van der Waals surface area contributed by atoms with E-state index < -0.39 is 23.6 Å². The van der Waals surface area contributed by atoms with Gasteiger partial charge in [0.2, 0.25) is 0 Å². The van der Waals surface area contributed by atoms with Gasteiger partial charge in [-0.3, -0.25) is 9.59 Å². The normalized spacial score (nSPS) is 15.4. The highest BCUT2D eigenvalue weighted by molar-refractivity contribution is 6.04. The highest BCUT2D eigenvalue weighted by atomic mass is 19.1. The zero-order valence-corrected chi connectivity index (χ0v) is 18.5. The maximum Gasteiger partial charge on any atom is 0.263 e. The fourth-order valence-electron chi connectivity index (χ4n) is 3.82. The highest BCUT2D eigenvalue weighted by Crippen LogP contribution is 2.30. The van der Waals surface area contributed by atoms with E-state index in [0.717, 1.165) is 17.7 Å². The quantitative estimate of drug-likeness (QED) is 0.548. The first-order valence-electron chi connectivity index (χ1n) is 10.9. The summed E-state index contributed by atoms with van der Waals surface area (Å²) >= 11 is 0. The van der Waals surface area contributed by atoms with E-state index in [1.807, 2.05) is 6.92 Å². The molecular weight excluding hydrogens is 445 g/mol. The van der Waals surface area contributed by atoms with E-state index >= 15 is 0 Å². The number of carbonyl (C=O) groups excluding carboxylic acids is 2. The monoisotopic (exact) mass is 468 g/mol. The Hall–Kier alpha value is -3.81. The maximum absolute atomic E-state index is 14.0. The Balaban J connectivity index is 1.54. The molecule has 0 bridgehead atoms. The number of rotatable bonds is 6. The van der Waals surface area contributed by atoms with Crippen LogP contribution in [-0.2, 0) is 17.8 Å². The molecule has 1 atom stereocenters. The molecule has 0 spiro atoms. The van der Waals surface area contributed by atoms with Crippen LogP contribution in [0.5, 0.6) is 5.75 Å². The molecule has 0 fully saturated rings. The standard InChI is InChI=1S/C26H23F3N2O3/c1-2-23-26(33)31(12-11-16-3-5-18(27)6-4-16)15-17-13-20(8-10-24(17)34-23)30-25(32)21-9-7-19(28)14-22(21)29/h3-10,13-14,23H,2,11-12,15H2,1H3,(H,30,32)/t23-/m1/s1. The molecule has 3 aromatic rings. The number of amides is 2. The van der Waals surface area contributed by atoms with E-state index in [4.69, 9.17) is 4.74 Å². The second-order valence-corrected chi connectivity index (χ2v) is 8.05. The molecule has 4 rings (SSSR count). The zero-order valence-electron chi connectivity index (χ0n) is 18.5. The van der Waals surface area contributed by atoms with Gasteiger partial charge < -0.3 is 15.0 Å². The predicted octanol–water partition coefficient (Wildman–Crippen LogP) is 5.10. The molecule has 0 saturated heterocycles. The van der Waals surface area contributed by atoms with Crippen molar-refractivity contribution in [2.45, 2.75) is 32.4 Å². The Kier molecular flexibility index (Phi) is 6.86. The lowest BCUT2D eigenvalue weighted by Gasteiger charge is -2.23. The number of fused-ring (bicyclic) bond motifs is 1. The van der Waals surface area contributed by atoms with Crippen LogP contribution in [0.25, 0.3) is 0 Å². The fourth-order valence-corrected chi connectivity index (χ4v) is 3.82. The number of benzene rings is 3. The van der Waals surface area contributed by atoms with Crippen molar-refractivity contribution in [1.82, 2.24) is 4.90 Å². The summed E-state index contributed by atoms with van der Waals surface area (Å²) in [5, 5.41) is 2.61. The minimum atomic E-state index is -0.959. The molecule has 1 heterocycles. The Morgan fingerprint density at radius 2 is 1.76 bits per heavy atom. The van der Waals surface area contributed by atoms with Gasteiger partial charge in [-0.2, -0.15) is 0 Å². The molecule has 8 heteroatoms. The average molecular weight is 468 g/mol. The molecule has 176 valence electrons. The van der Waals surface area contributed by atoms with E-state index in [9.17, 15) is 22.8 Å². The van der Waals surface area contributed by atoms with E-state index in [1.165, 1.54) is 12.1 Å². The number of anilines is 1. The van der Waals surface area contributed by atoms with Gasteiger partial charge in [0.1, 0.15) is 23.2 Å². The number of halogens is 3. The maximum atomic E-state index is 14.0. The molecule has 1 N–H and O–H groups in total. The molecule has 0 unspecified atom stereocenters. The van der Waals surface area contributed by atoms with Gasteiger partial charge in [-0.05, 0) is 60.9 Å². The summed E-state index contributed by atoms with van der Waals surface area (Å²) in [6.07, 6.45) is 0.370. The van der Waals surface area contributed by atoms with E-state index in [2.05, 4.69) is 5.32 Å². The van der Waals surface area contributed by atoms with Gasteiger partial charge in [-0.25, -0.2) is 13.2 Å². The average Bonchev–Trinajstić information content (AvgIpc) is 2.94. The topological polar surface area (TPSA) is 58.6 Å². The molecule has 3 aromatic carbocycles. The second kappa shape index (κ2) is 9.99. The van der Waals surface area contributed by atoms with Crippen LogP contribution in [0, 0.1) is 17.5 Å². The van der Waals surface area contributed by atoms with Crippen molar-refractivity contribution in [1.29, 1.82) is 0 Å². The minimum Gasteiger partial charge on any atom is -0.480 e. The number of hydrogen-bond acceptors (Lipinski definition) is 3. The van der Waals surface area contributed by atoms with Crippen molar-refractivity contribution in [2.75, 3.05) is 11.9 Å². The van der Waals surface area contributed by atoms with Crippen LogP contribution >= 0.6 is 0 Å². The van der Waals surface area contributed by atoms with Crippen LogP contribution in [0.15, 0.2) is 60.7 Å². The lowest BCUT2D eigenvalue weighted by molar-refractivity contribution is -0.138. The van der Waals surface area contributed by atoms with Crippen molar-refractivity contribution < 1.29 is 27.5 Å². The van der Waals surface area contributed by atoms with Crippen LogP contribution in [0.2, 0.25) is 0 Å². The first-order chi connectivity index (χ1) is 16.3. The Morgan fingerprint density at radius 1 is 1.03 bits per heavy atom. The first kappa shape index (κ1) is 23.4. The largest absolute Gasteiger partial charge is 0.480 e. The second-order valence-electron chi connectivity index (χ2n) is 8.05. The molecule has 1 aliphatic rings. The van der Waals surface area contributed by atoms with Crippen LogP contribution in [0.4, 0.5) is 18.9 Å². The molecule has 34 heavy (non-hydrogen) atoms. The minimum absolute atomic E-state index is 0.153. The number of carbonyl (C=O) groups is 2. The molecular formula is C26H23F3N2O3. The number of nitrogens with one attached hydrogen (secondary N) is 1. The van der Waals surface area contributed by atoms with E-state index in [1.54, 1.807) is 35.2 Å². The highest BCUT2D eigenvalue weighted by Gasteiger charge is 2.30. The lowest BCUT2D eigenvalue weighted by Crippen LogP contribution is -2.40. The number of ether oxygens (including phenoxy) is 1. The van der Waals surface area contributed by atoms with Crippen molar-refractivity contribution in [3.63, 3.8) is 0 Å². The molecule has 0 radical (unpaired) electrons. The molecule has 1 aliphatic heterocycles. The van der Waals surface area contributed by atoms with Gasteiger partial charge in [-0.1, -0.05) is 19.1 Å². The van der Waals surface area contributed by atoms with Crippen LogP contribution < -0.4 is 10.1 Å². The predicted molar refractivity (Wildman–Crippen MR) is 121 cm³/mol. The van der Waals surface area contributed by atoms with Crippen LogP contribution in [-0.4, -0.2) is 29.4 Å². The van der Waals surface area contributed by atoms with Crippen molar-refractivity contribution in [3.05, 3.63) is 94.8 Å². The Morgan fingerprint density at radius 3 is 2.47 bits per heavy atom. The van der Waals surface area contributed by atoms with Crippen molar-refractivity contribution in [2.24, 2.45) is 0 Å². The molecule has 0 saturated carbocycles. The van der Waals surface area contributed by atoms with Crippen molar-refractivity contribution in [3.8, 4) is 5.75 Å². The lowest BCUT2D eigenvalue weighted by atomic mass is 10.1. The molecule has 5 nitrogen and oxygen atoms in total. The third-order valence-electron chi connectivity index (χ3n) is 5.67. The summed E-state index contributed by atoms with van der Waals surface area (Å²) < 4.78 is 46.2. The van der Waals surface area contributed by atoms with Gasteiger partial charge >= 0.3 is 0 Å². The third-order valence-corrected chi connectivity index (χ3v) is 5.67. The van der Waals surface area contributed by atoms with Crippen molar-refractivity contribution >= 4 is 17.5 Å². The van der Waals surface area contributed by atoms with Gasteiger partial charge in [0.15, 0.2) is 6.10 Å². The summed E-state index contributed by atoms with van der Waals surface area (Å²) in [6.45, 7) is 2.51. The molecule has 0 aliphatic carbocycles. The molecule has 0 aromatic heterocycles. The zero-order chi connectivity index (χ0) is 24.2. The Bertz CT molecular complexity index is 1210. The SMILES string of the molecule is CC[C@H]1Oc2ccc(NC(=O)c3ccc(F)cc3F)cc2CN(CCc2ccc(F)cc2)C1=O. The third kappa shape index (κ3) is 5.22. The first-order valence-corrected chi connectivity index (χ1v) is 10.9. The van der Waals surface area contributed by atoms with Gasteiger partial charge in [0.25, 0.3) is 11.8 Å². The Labute approximate surface area is 195 Å². The molecule has 2 amide bonds. The smallest absolute Gasteiger partial charge is 0.263 e. The van der Waals surface area contributed by atoms with E-state index in [-0.39, 0.29) is 23.8 Å².